The standard InChI is InChI=1S/C20H21FN2O2/c1-20(13-24)9-7-17(8-10-20)23-19(25)15-5-6-18(22-12-15)14-3-2-4-16(21)11-14/h2-6,11-13,17H,7-10H2,1H3,(H,23,25)/t17-,20-. The average molecular weight is 340 g/mol. The molecule has 0 unspecified atom stereocenters. The van der Waals surface area contributed by atoms with Crippen LogP contribution in [0.2, 0.25) is 0 Å². The van der Waals surface area contributed by atoms with Crippen molar-refractivity contribution in [3.63, 3.8) is 0 Å². The van der Waals surface area contributed by atoms with Gasteiger partial charge in [-0.05, 0) is 49.9 Å². The topological polar surface area (TPSA) is 59.1 Å². The van der Waals surface area contributed by atoms with Crippen LogP contribution in [0.5, 0.6) is 0 Å². The molecule has 1 amide bonds. The van der Waals surface area contributed by atoms with Crippen molar-refractivity contribution in [1.82, 2.24) is 10.3 Å². The summed E-state index contributed by atoms with van der Waals surface area (Å²) in [6.45, 7) is 1.97. The first kappa shape index (κ1) is 17.3. The van der Waals surface area contributed by atoms with Crippen molar-refractivity contribution in [3.8, 4) is 11.3 Å². The fraction of sp³-hybridized carbons (Fsp3) is 0.350. The number of aromatic nitrogens is 1. The lowest BCUT2D eigenvalue weighted by Crippen LogP contribution is -2.40. The van der Waals surface area contributed by atoms with Gasteiger partial charge in [0.25, 0.3) is 5.91 Å². The lowest BCUT2D eigenvalue weighted by atomic mass is 9.75. The maximum Gasteiger partial charge on any atom is 0.253 e. The van der Waals surface area contributed by atoms with Crippen LogP contribution in [0.3, 0.4) is 0 Å². The molecule has 0 bridgehead atoms. The van der Waals surface area contributed by atoms with Gasteiger partial charge < -0.3 is 10.1 Å². The summed E-state index contributed by atoms with van der Waals surface area (Å²) in [6.07, 6.45) is 5.72. The number of nitrogens with zero attached hydrogens (tertiary/aromatic N) is 1. The number of hydrogen-bond donors (Lipinski definition) is 1. The summed E-state index contributed by atoms with van der Waals surface area (Å²) in [4.78, 5) is 27.7. The third-order valence-electron chi connectivity index (χ3n) is 4.89. The summed E-state index contributed by atoms with van der Waals surface area (Å²) >= 11 is 0. The van der Waals surface area contributed by atoms with Gasteiger partial charge in [0, 0.05) is 23.2 Å². The molecular formula is C20H21FN2O2. The number of nitrogens with one attached hydrogen (secondary N) is 1. The number of pyridine rings is 1. The van der Waals surface area contributed by atoms with Gasteiger partial charge in [-0.15, -0.1) is 0 Å². The van der Waals surface area contributed by atoms with Gasteiger partial charge in [0.2, 0.25) is 0 Å². The van der Waals surface area contributed by atoms with Crippen LogP contribution in [0.25, 0.3) is 11.3 Å². The molecule has 0 atom stereocenters. The van der Waals surface area contributed by atoms with Crippen molar-refractivity contribution >= 4 is 12.2 Å². The molecule has 3 rings (SSSR count). The molecule has 1 saturated carbocycles. The summed E-state index contributed by atoms with van der Waals surface area (Å²) in [5, 5.41) is 3.01. The molecule has 2 aromatic rings. The zero-order chi connectivity index (χ0) is 17.9. The second-order valence-corrected chi connectivity index (χ2v) is 6.96. The van der Waals surface area contributed by atoms with Gasteiger partial charge in [-0.3, -0.25) is 9.78 Å². The normalized spacial score (nSPS) is 23.0. The lowest BCUT2D eigenvalue weighted by molar-refractivity contribution is -0.117. The molecule has 1 aliphatic carbocycles. The summed E-state index contributed by atoms with van der Waals surface area (Å²) in [5.41, 5.74) is 1.52. The Morgan fingerprint density at radius 3 is 2.64 bits per heavy atom. The molecule has 0 spiro atoms. The highest BCUT2D eigenvalue weighted by molar-refractivity contribution is 5.94. The number of carbonyl (C=O) groups excluding carboxylic acids is 2. The van der Waals surface area contributed by atoms with Crippen LogP contribution in [-0.2, 0) is 4.79 Å². The highest BCUT2D eigenvalue weighted by Crippen LogP contribution is 2.33. The molecule has 0 saturated heterocycles. The van der Waals surface area contributed by atoms with Crippen molar-refractivity contribution in [2.45, 2.75) is 38.6 Å². The molecule has 1 aromatic heterocycles. The minimum Gasteiger partial charge on any atom is -0.349 e. The number of amides is 1. The highest BCUT2D eigenvalue weighted by Gasteiger charge is 2.31. The van der Waals surface area contributed by atoms with Gasteiger partial charge in [0.15, 0.2) is 0 Å². The van der Waals surface area contributed by atoms with Crippen LogP contribution < -0.4 is 5.32 Å². The summed E-state index contributed by atoms with van der Waals surface area (Å²) in [7, 11) is 0. The zero-order valence-electron chi connectivity index (χ0n) is 14.2. The summed E-state index contributed by atoms with van der Waals surface area (Å²) < 4.78 is 13.3. The average Bonchev–Trinajstić information content (AvgIpc) is 2.64. The van der Waals surface area contributed by atoms with Crippen molar-refractivity contribution < 1.29 is 14.0 Å². The Hall–Kier alpha value is -2.56. The van der Waals surface area contributed by atoms with E-state index in [1.54, 1.807) is 24.3 Å². The van der Waals surface area contributed by atoms with E-state index in [9.17, 15) is 14.0 Å². The van der Waals surface area contributed by atoms with Gasteiger partial charge in [0.05, 0.1) is 11.3 Å². The van der Waals surface area contributed by atoms with Crippen molar-refractivity contribution in [3.05, 3.63) is 54.0 Å². The second-order valence-electron chi connectivity index (χ2n) is 6.96. The third kappa shape index (κ3) is 4.10. The van der Waals surface area contributed by atoms with E-state index in [1.165, 1.54) is 18.3 Å². The SMILES string of the molecule is C[C@]1(C=O)CC[C@H](NC(=O)c2ccc(-c3cccc(F)c3)nc2)CC1. The Morgan fingerprint density at radius 2 is 2.04 bits per heavy atom. The van der Waals surface area contributed by atoms with E-state index in [1.807, 2.05) is 6.92 Å². The van der Waals surface area contributed by atoms with E-state index >= 15 is 0 Å². The minimum absolute atomic E-state index is 0.0865. The molecule has 1 aromatic carbocycles. The third-order valence-corrected chi connectivity index (χ3v) is 4.89. The van der Waals surface area contributed by atoms with E-state index in [-0.39, 0.29) is 23.2 Å². The van der Waals surface area contributed by atoms with E-state index in [0.717, 1.165) is 32.0 Å². The molecular weight excluding hydrogens is 319 g/mol. The van der Waals surface area contributed by atoms with Crippen LogP contribution in [0.1, 0.15) is 43.0 Å². The van der Waals surface area contributed by atoms with Crippen molar-refractivity contribution in [2.24, 2.45) is 5.41 Å². The van der Waals surface area contributed by atoms with Gasteiger partial charge in [-0.2, -0.15) is 0 Å². The largest absolute Gasteiger partial charge is 0.349 e. The van der Waals surface area contributed by atoms with Crippen LogP contribution >= 0.6 is 0 Å². The molecule has 0 radical (unpaired) electrons. The fourth-order valence-corrected chi connectivity index (χ4v) is 3.15. The first-order valence-corrected chi connectivity index (χ1v) is 8.48. The van der Waals surface area contributed by atoms with Crippen molar-refractivity contribution in [1.29, 1.82) is 0 Å². The Balaban J connectivity index is 1.63. The first-order valence-electron chi connectivity index (χ1n) is 8.48. The maximum absolute atomic E-state index is 13.3. The molecule has 130 valence electrons. The monoisotopic (exact) mass is 340 g/mol. The van der Waals surface area contributed by atoms with Crippen molar-refractivity contribution in [2.75, 3.05) is 0 Å². The Kier molecular flexibility index (Phi) is 4.93. The summed E-state index contributed by atoms with van der Waals surface area (Å²) in [6, 6.07) is 9.69. The molecule has 5 heteroatoms. The number of hydrogen-bond acceptors (Lipinski definition) is 3. The lowest BCUT2D eigenvalue weighted by Gasteiger charge is -2.33. The van der Waals surface area contributed by atoms with Gasteiger partial charge in [-0.25, -0.2) is 4.39 Å². The van der Waals surface area contributed by atoms with E-state index in [0.29, 0.717) is 16.8 Å². The molecule has 1 N–H and O–H groups in total. The predicted molar refractivity (Wildman–Crippen MR) is 93.5 cm³/mol. The smallest absolute Gasteiger partial charge is 0.253 e. The number of benzene rings is 1. The van der Waals surface area contributed by atoms with E-state index in [2.05, 4.69) is 10.3 Å². The van der Waals surface area contributed by atoms with Crippen LogP contribution in [0.15, 0.2) is 42.6 Å². The van der Waals surface area contributed by atoms with Crippen LogP contribution in [0.4, 0.5) is 4.39 Å². The molecule has 0 aliphatic heterocycles. The second kappa shape index (κ2) is 7.13. The number of aldehydes is 1. The fourth-order valence-electron chi connectivity index (χ4n) is 3.15. The van der Waals surface area contributed by atoms with Gasteiger partial charge in [-0.1, -0.05) is 19.1 Å². The molecule has 1 fully saturated rings. The minimum atomic E-state index is -0.319. The Labute approximate surface area is 146 Å². The maximum atomic E-state index is 13.3. The van der Waals surface area contributed by atoms with Gasteiger partial charge in [0.1, 0.15) is 12.1 Å². The van der Waals surface area contributed by atoms with E-state index in [4.69, 9.17) is 0 Å². The van der Waals surface area contributed by atoms with Crippen LogP contribution in [0, 0.1) is 11.2 Å². The number of carbonyl (C=O) groups is 2. The molecule has 25 heavy (non-hydrogen) atoms. The number of rotatable bonds is 4. The summed E-state index contributed by atoms with van der Waals surface area (Å²) in [5.74, 6) is -0.487. The molecule has 4 nitrogen and oxygen atoms in total. The quantitative estimate of drug-likeness (QED) is 0.862. The first-order chi connectivity index (χ1) is 12.0. The molecule has 1 heterocycles. The van der Waals surface area contributed by atoms with E-state index < -0.39 is 0 Å². The highest BCUT2D eigenvalue weighted by atomic mass is 19.1. The Morgan fingerprint density at radius 1 is 1.28 bits per heavy atom. The predicted octanol–water partition coefficient (Wildman–Crippen LogP) is 3.77. The Bertz CT molecular complexity index is 766. The van der Waals surface area contributed by atoms with Gasteiger partial charge >= 0.3 is 0 Å². The van der Waals surface area contributed by atoms with Crippen LogP contribution in [-0.4, -0.2) is 23.2 Å². The number of halogens is 1. The zero-order valence-corrected chi connectivity index (χ0v) is 14.2. The molecule has 1 aliphatic rings.